The molecule has 0 N–H and O–H groups in total. The first-order valence-electron chi connectivity index (χ1n) is 3.63. The second-order valence-corrected chi connectivity index (χ2v) is 3.65. The molecular formula is C8H12O3. The van der Waals surface area contributed by atoms with Crippen LogP contribution in [0.1, 0.15) is 27.2 Å². The minimum absolute atomic E-state index is 0.0687. The normalized spacial score (nSPS) is 28.3. The SMILES string of the molecule is CC(=O)[C@@H]1OC(=O)CC1(C)C. The van der Waals surface area contributed by atoms with Gasteiger partial charge in [0.05, 0.1) is 6.42 Å². The Labute approximate surface area is 65.7 Å². The number of ketones is 1. The zero-order valence-corrected chi connectivity index (χ0v) is 7.01. The molecule has 0 bridgehead atoms. The van der Waals surface area contributed by atoms with Crippen LogP contribution in [0.5, 0.6) is 0 Å². The molecule has 0 aliphatic carbocycles. The molecule has 0 aromatic rings. The summed E-state index contributed by atoms with van der Waals surface area (Å²) >= 11 is 0. The van der Waals surface area contributed by atoms with E-state index in [1.807, 2.05) is 13.8 Å². The molecule has 0 spiro atoms. The Morgan fingerprint density at radius 3 is 2.36 bits per heavy atom. The number of ether oxygens (including phenoxy) is 1. The van der Waals surface area contributed by atoms with Crippen LogP contribution in [0.3, 0.4) is 0 Å². The van der Waals surface area contributed by atoms with Gasteiger partial charge in [0.1, 0.15) is 0 Å². The van der Waals surface area contributed by atoms with Crippen LogP contribution in [0.4, 0.5) is 0 Å². The molecule has 3 nitrogen and oxygen atoms in total. The third kappa shape index (κ3) is 1.42. The van der Waals surface area contributed by atoms with Gasteiger partial charge in [0, 0.05) is 5.41 Å². The van der Waals surface area contributed by atoms with E-state index >= 15 is 0 Å². The lowest BCUT2D eigenvalue weighted by Gasteiger charge is -2.20. The second kappa shape index (κ2) is 2.32. The van der Waals surface area contributed by atoms with Gasteiger partial charge in [-0.25, -0.2) is 0 Å². The summed E-state index contributed by atoms with van der Waals surface area (Å²) in [4.78, 5) is 21.7. The first kappa shape index (κ1) is 8.24. The molecule has 0 unspecified atom stereocenters. The van der Waals surface area contributed by atoms with Gasteiger partial charge >= 0.3 is 5.97 Å². The number of hydrogen-bond acceptors (Lipinski definition) is 3. The average molecular weight is 156 g/mol. The molecule has 62 valence electrons. The Bertz CT molecular complexity index is 205. The van der Waals surface area contributed by atoms with E-state index in [1.54, 1.807) is 0 Å². The first-order valence-corrected chi connectivity index (χ1v) is 3.63. The summed E-state index contributed by atoms with van der Waals surface area (Å²) in [6, 6.07) is 0. The van der Waals surface area contributed by atoms with Crippen molar-refractivity contribution in [1.82, 2.24) is 0 Å². The molecule has 1 atom stereocenters. The summed E-state index contributed by atoms with van der Waals surface area (Å²) in [6.45, 7) is 5.18. The Balaban J connectivity index is 2.82. The maximum Gasteiger partial charge on any atom is 0.307 e. The smallest absolute Gasteiger partial charge is 0.307 e. The van der Waals surface area contributed by atoms with Gasteiger partial charge in [-0.05, 0) is 6.92 Å². The van der Waals surface area contributed by atoms with E-state index in [9.17, 15) is 9.59 Å². The highest BCUT2D eigenvalue weighted by atomic mass is 16.6. The van der Waals surface area contributed by atoms with Gasteiger partial charge in [-0.2, -0.15) is 0 Å². The fourth-order valence-electron chi connectivity index (χ4n) is 1.43. The molecular weight excluding hydrogens is 144 g/mol. The molecule has 1 rings (SSSR count). The Kier molecular flexibility index (Phi) is 1.74. The Morgan fingerprint density at radius 2 is 2.18 bits per heavy atom. The van der Waals surface area contributed by atoms with Crippen molar-refractivity contribution in [2.24, 2.45) is 5.41 Å². The van der Waals surface area contributed by atoms with Gasteiger partial charge in [-0.15, -0.1) is 0 Å². The van der Waals surface area contributed by atoms with Gasteiger partial charge in [0.25, 0.3) is 0 Å². The number of hydrogen-bond donors (Lipinski definition) is 0. The van der Waals surface area contributed by atoms with E-state index in [0.717, 1.165) is 0 Å². The number of rotatable bonds is 1. The third-order valence-electron chi connectivity index (χ3n) is 1.93. The van der Waals surface area contributed by atoms with E-state index in [1.165, 1.54) is 6.92 Å². The van der Waals surface area contributed by atoms with Gasteiger partial charge in [-0.1, -0.05) is 13.8 Å². The van der Waals surface area contributed by atoms with Crippen LogP contribution in [0.2, 0.25) is 0 Å². The van der Waals surface area contributed by atoms with Crippen molar-refractivity contribution in [3.05, 3.63) is 0 Å². The second-order valence-electron chi connectivity index (χ2n) is 3.65. The zero-order valence-electron chi connectivity index (χ0n) is 7.01. The van der Waals surface area contributed by atoms with Crippen molar-refractivity contribution in [3.63, 3.8) is 0 Å². The van der Waals surface area contributed by atoms with Crippen LogP contribution in [0.25, 0.3) is 0 Å². The van der Waals surface area contributed by atoms with E-state index in [0.29, 0.717) is 6.42 Å². The predicted octanol–water partition coefficient (Wildman–Crippen LogP) is 0.917. The van der Waals surface area contributed by atoms with E-state index in [2.05, 4.69) is 0 Å². The van der Waals surface area contributed by atoms with Crippen molar-refractivity contribution in [2.45, 2.75) is 33.3 Å². The maximum atomic E-state index is 10.9. The zero-order chi connectivity index (χ0) is 8.65. The van der Waals surface area contributed by atoms with E-state index in [-0.39, 0.29) is 17.2 Å². The highest BCUT2D eigenvalue weighted by molar-refractivity contribution is 5.87. The van der Waals surface area contributed by atoms with Gasteiger partial charge in [-0.3, -0.25) is 9.59 Å². The molecule has 11 heavy (non-hydrogen) atoms. The lowest BCUT2D eigenvalue weighted by molar-refractivity contribution is -0.147. The van der Waals surface area contributed by atoms with Crippen LogP contribution in [0.15, 0.2) is 0 Å². The standard InChI is InChI=1S/C8H12O3/c1-5(9)7-8(2,3)4-6(10)11-7/h7H,4H2,1-3H3/t7-/m0/s1. The lowest BCUT2D eigenvalue weighted by atomic mass is 9.84. The molecule has 1 saturated heterocycles. The average Bonchev–Trinajstić information content (AvgIpc) is 2.04. The topological polar surface area (TPSA) is 43.4 Å². The van der Waals surface area contributed by atoms with Crippen molar-refractivity contribution in [3.8, 4) is 0 Å². The molecule has 0 aromatic heterocycles. The van der Waals surface area contributed by atoms with Crippen molar-refractivity contribution < 1.29 is 14.3 Å². The van der Waals surface area contributed by atoms with Crippen LogP contribution in [0, 0.1) is 5.41 Å². The molecule has 0 radical (unpaired) electrons. The molecule has 0 saturated carbocycles. The minimum Gasteiger partial charge on any atom is -0.454 e. The number of Topliss-reactive ketones (excluding diaryl/α,β-unsaturated/α-hetero) is 1. The highest BCUT2D eigenvalue weighted by Gasteiger charge is 2.44. The molecule has 0 aromatic carbocycles. The van der Waals surface area contributed by atoms with E-state index < -0.39 is 6.10 Å². The predicted molar refractivity (Wildman–Crippen MR) is 39.0 cm³/mol. The van der Waals surface area contributed by atoms with Gasteiger partial charge < -0.3 is 4.74 Å². The summed E-state index contributed by atoms with van der Waals surface area (Å²) in [5.74, 6) is -0.337. The van der Waals surface area contributed by atoms with Gasteiger partial charge in [0.2, 0.25) is 0 Å². The number of carbonyl (C=O) groups is 2. The van der Waals surface area contributed by atoms with Crippen molar-refractivity contribution in [2.75, 3.05) is 0 Å². The lowest BCUT2D eigenvalue weighted by Crippen LogP contribution is -2.30. The monoisotopic (exact) mass is 156 g/mol. The molecule has 0 amide bonds. The molecule has 3 heteroatoms. The minimum atomic E-state index is -0.532. The number of carbonyl (C=O) groups excluding carboxylic acids is 2. The Hall–Kier alpha value is -0.860. The fourth-order valence-corrected chi connectivity index (χ4v) is 1.43. The quantitative estimate of drug-likeness (QED) is 0.530. The number of cyclic esters (lactones) is 1. The Morgan fingerprint density at radius 1 is 1.64 bits per heavy atom. The van der Waals surface area contributed by atoms with Crippen LogP contribution >= 0.6 is 0 Å². The number of esters is 1. The summed E-state index contributed by atoms with van der Waals surface area (Å²) in [7, 11) is 0. The van der Waals surface area contributed by atoms with Crippen molar-refractivity contribution in [1.29, 1.82) is 0 Å². The van der Waals surface area contributed by atoms with Crippen molar-refractivity contribution >= 4 is 11.8 Å². The summed E-state index contributed by atoms with van der Waals surface area (Å²) in [5, 5.41) is 0. The highest BCUT2D eigenvalue weighted by Crippen LogP contribution is 2.34. The summed E-state index contributed by atoms with van der Waals surface area (Å²) in [6.07, 6.45) is -0.188. The first-order chi connectivity index (χ1) is 4.93. The fraction of sp³-hybridized carbons (Fsp3) is 0.750. The van der Waals surface area contributed by atoms with E-state index in [4.69, 9.17) is 4.74 Å². The maximum absolute atomic E-state index is 10.9. The summed E-state index contributed by atoms with van der Waals surface area (Å²) in [5.41, 5.74) is -0.317. The summed E-state index contributed by atoms with van der Waals surface area (Å²) < 4.78 is 4.85. The molecule has 1 heterocycles. The molecule has 1 aliphatic heterocycles. The van der Waals surface area contributed by atoms with Gasteiger partial charge in [0.15, 0.2) is 11.9 Å². The van der Waals surface area contributed by atoms with Crippen LogP contribution < -0.4 is 0 Å². The molecule has 1 fully saturated rings. The van der Waals surface area contributed by atoms with Crippen LogP contribution in [-0.4, -0.2) is 17.9 Å². The largest absolute Gasteiger partial charge is 0.454 e. The van der Waals surface area contributed by atoms with Crippen LogP contribution in [-0.2, 0) is 14.3 Å². The molecule has 1 aliphatic rings. The third-order valence-corrected chi connectivity index (χ3v) is 1.93.